The van der Waals surface area contributed by atoms with Crippen LogP contribution in [0, 0.1) is 0 Å². The molecule has 0 radical (unpaired) electrons. The van der Waals surface area contributed by atoms with Crippen LogP contribution in [-0.2, 0) is 0 Å². The van der Waals surface area contributed by atoms with Crippen LogP contribution in [-0.4, -0.2) is 75.7 Å². The highest BCUT2D eigenvalue weighted by atomic mass is 32.2. The lowest BCUT2D eigenvalue weighted by atomic mass is 10.1. The number of thioether (sulfide) groups is 1. The Morgan fingerprint density at radius 2 is 2.04 bits per heavy atom. The lowest BCUT2D eigenvalue weighted by molar-refractivity contribution is 0.0783. The number of rotatable bonds is 3. The largest absolute Gasteiger partial charge is 0.335 e. The monoisotopic (exact) mass is 351 g/mol. The van der Waals surface area contributed by atoms with Crippen molar-refractivity contribution in [3.8, 4) is 0 Å². The zero-order chi connectivity index (χ0) is 17.1. The number of carbonyl (C=O) groups is 2. The number of likely N-dealkylation sites (tertiary alicyclic amines) is 1. The number of nitrogens with one attached hydrogen (secondary N) is 2. The van der Waals surface area contributed by atoms with Gasteiger partial charge >= 0.3 is 6.03 Å². The third-order valence-corrected chi connectivity index (χ3v) is 5.48. The second kappa shape index (κ2) is 7.46. The molecule has 3 rings (SSSR count). The first kappa shape index (κ1) is 17.1. The summed E-state index contributed by atoms with van der Waals surface area (Å²) in [6.45, 7) is 6.93. The van der Waals surface area contributed by atoms with E-state index in [1.807, 2.05) is 22.7 Å². The van der Waals surface area contributed by atoms with Crippen molar-refractivity contribution in [2.45, 2.75) is 32.2 Å². The molecule has 2 aliphatic heterocycles. The number of hydrogen-bond donors (Lipinski definition) is 2. The van der Waals surface area contributed by atoms with Gasteiger partial charge in [-0.15, -0.1) is 0 Å². The van der Waals surface area contributed by atoms with Gasteiger partial charge in [-0.2, -0.15) is 16.9 Å². The number of H-pyrrole nitrogens is 1. The fourth-order valence-corrected chi connectivity index (χ4v) is 3.90. The Bertz CT molecular complexity index is 597. The molecule has 1 aromatic rings. The summed E-state index contributed by atoms with van der Waals surface area (Å²) in [7, 11) is 0. The van der Waals surface area contributed by atoms with Gasteiger partial charge in [0.1, 0.15) is 5.69 Å². The van der Waals surface area contributed by atoms with Gasteiger partial charge in [0.25, 0.3) is 5.91 Å². The fourth-order valence-electron chi connectivity index (χ4n) is 3.00. The Balaban J connectivity index is 1.52. The van der Waals surface area contributed by atoms with Gasteiger partial charge in [0.05, 0.1) is 0 Å². The average molecular weight is 351 g/mol. The molecule has 0 bridgehead atoms. The van der Waals surface area contributed by atoms with E-state index in [4.69, 9.17) is 0 Å². The number of aromatic amines is 1. The van der Waals surface area contributed by atoms with Crippen molar-refractivity contribution in [2.75, 3.05) is 37.7 Å². The van der Waals surface area contributed by atoms with Crippen molar-refractivity contribution < 1.29 is 9.59 Å². The zero-order valence-electron chi connectivity index (χ0n) is 14.2. The Labute approximate surface area is 146 Å². The first-order valence-corrected chi connectivity index (χ1v) is 9.68. The number of carbonyl (C=O) groups excluding carboxylic acids is 2. The number of amides is 3. The maximum absolute atomic E-state index is 12.5. The van der Waals surface area contributed by atoms with E-state index in [1.54, 1.807) is 4.90 Å². The van der Waals surface area contributed by atoms with Crippen LogP contribution < -0.4 is 5.32 Å². The minimum absolute atomic E-state index is 0.00328. The number of nitrogens with zero attached hydrogens (tertiary/aromatic N) is 3. The topological polar surface area (TPSA) is 81.3 Å². The summed E-state index contributed by atoms with van der Waals surface area (Å²) in [5.41, 5.74) is 1.42. The fraction of sp³-hybridized carbons (Fsp3) is 0.688. The maximum Gasteiger partial charge on any atom is 0.317 e. The third kappa shape index (κ3) is 3.85. The predicted molar refractivity (Wildman–Crippen MR) is 94.4 cm³/mol. The van der Waals surface area contributed by atoms with Gasteiger partial charge in [0.2, 0.25) is 0 Å². The van der Waals surface area contributed by atoms with E-state index in [0.717, 1.165) is 36.7 Å². The molecular weight excluding hydrogens is 326 g/mol. The lowest BCUT2D eigenvalue weighted by Gasteiger charge is -2.28. The van der Waals surface area contributed by atoms with Crippen LogP contribution in [0.2, 0.25) is 0 Å². The first-order valence-electron chi connectivity index (χ1n) is 8.52. The van der Waals surface area contributed by atoms with E-state index in [9.17, 15) is 9.59 Å². The SMILES string of the molecule is CC(C)c1cc(C(=O)N2CC[C@@H](NC(=O)N3CCSCC3)C2)n[nH]1. The van der Waals surface area contributed by atoms with Crippen molar-refractivity contribution in [1.82, 2.24) is 25.3 Å². The molecule has 2 fully saturated rings. The van der Waals surface area contributed by atoms with Crippen molar-refractivity contribution in [1.29, 1.82) is 0 Å². The molecule has 1 atom stereocenters. The van der Waals surface area contributed by atoms with E-state index in [-0.39, 0.29) is 18.0 Å². The zero-order valence-corrected chi connectivity index (χ0v) is 15.1. The van der Waals surface area contributed by atoms with Crippen LogP contribution in [0.4, 0.5) is 4.79 Å². The molecule has 2 aliphatic rings. The molecule has 0 spiro atoms. The number of urea groups is 1. The van der Waals surface area contributed by atoms with Crippen LogP contribution >= 0.6 is 11.8 Å². The number of hydrogen-bond acceptors (Lipinski definition) is 4. The van der Waals surface area contributed by atoms with E-state index in [2.05, 4.69) is 29.4 Å². The summed E-state index contributed by atoms with van der Waals surface area (Å²) >= 11 is 1.88. The van der Waals surface area contributed by atoms with E-state index in [0.29, 0.717) is 24.7 Å². The Morgan fingerprint density at radius 1 is 1.29 bits per heavy atom. The molecule has 0 aromatic carbocycles. The highest BCUT2D eigenvalue weighted by Crippen LogP contribution is 2.17. The van der Waals surface area contributed by atoms with Crippen molar-refractivity contribution in [3.05, 3.63) is 17.5 Å². The summed E-state index contributed by atoms with van der Waals surface area (Å²) in [6.07, 6.45) is 0.793. The van der Waals surface area contributed by atoms with Crippen LogP contribution in [0.3, 0.4) is 0 Å². The standard InChI is InChI=1S/C16H25N5O2S/c1-11(2)13-9-14(19-18-13)15(22)21-4-3-12(10-21)17-16(23)20-5-7-24-8-6-20/h9,11-12H,3-8,10H2,1-2H3,(H,17,23)(H,18,19)/t12-/m1/s1. The Kier molecular flexibility index (Phi) is 5.33. The van der Waals surface area contributed by atoms with Gasteiger partial charge in [-0.1, -0.05) is 13.8 Å². The second-order valence-corrected chi connectivity index (χ2v) is 7.87. The first-order chi connectivity index (χ1) is 11.5. The molecule has 8 heteroatoms. The molecule has 24 heavy (non-hydrogen) atoms. The highest BCUT2D eigenvalue weighted by Gasteiger charge is 2.30. The normalized spacial score (nSPS) is 21.4. The highest BCUT2D eigenvalue weighted by molar-refractivity contribution is 7.99. The molecule has 3 amide bonds. The summed E-state index contributed by atoms with van der Waals surface area (Å²) < 4.78 is 0. The quantitative estimate of drug-likeness (QED) is 0.865. The average Bonchev–Trinajstić information content (AvgIpc) is 3.24. The van der Waals surface area contributed by atoms with Crippen molar-refractivity contribution in [2.24, 2.45) is 0 Å². The minimum Gasteiger partial charge on any atom is -0.335 e. The van der Waals surface area contributed by atoms with E-state index in [1.165, 1.54) is 0 Å². The molecule has 7 nitrogen and oxygen atoms in total. The van der Waals surface area contributed by atoms with Gasteiger partial charge in [-0.3, -0.25) is 9.89 Å². The molecule has 0 aliphatic carbocycles. The van der Waals surface area contributed by atoms with Gasteiger partial charge in [-0.25, -0.2) is 4.79 Å². The van der Waals surface area contributed by atoms with Crippen LogP contribution in [0.25, 0.3) is 0 Å². The molecule has 2 N–H and O–H groups in total. The molecule has 0 saturated carbocycles. The summed E-state index contributed by atoms with van der Waals surface area (Å²) in [5, 5.41) is 10.1. The molecule has 0 unspecified atom stereocenters. The Morgan fingerprint density at radius 3 is 2.71 bits per heavy atom. The molecular formula is C16H25N5O2S. The molecule has 2 saturated heterocycles. The van der Waals surface area contributed by atoms with Gasteiger partial charge < -0.3 is 15.1 Å². The van der Waals surface area contributed by atoms with Crippen LogP contribution in [0.15, 0.2) is 6.07 Å². The summed E-state index contributed by atoms with van der Waals surface area (Å²) in [5.74, 6) is 2.25. The molecule has 1 aromatic heterocycles. The third-order valence-electron chi connectivity index (χ3n) is 4.54. The van der Waals surface area contributed by atoms with Gasteiger partial charge in [-0.05, 0) is 18.4 Å². The minimum atomic E-state index is -0.0655. The van der Waals surface area contributed by atoms with Crippen LogP contribution in [0.5, 0.6) is 0 Å². The summed E-state index contributed by atoms with van der Waals surface area (Å²) in [4.78, 5) is 28.4. The second-order valence-electron chi connectivity index (χ2n) is 6.65. The molecule has 3 heterocycles. The number of aromatic nitrogens is 2. The predicted octanol–water partition coefficient (Wildman–Crippen LogP) is 1.51. The van der Waals surface area contributed by atoms with Crippen molar-refractivity contribution >= 4 is 23.7 Å². The van der Waals surface area contributed by atoms with E-state index >= 15 is 0 Å². The molecule has 132 valence electrons. The maximum atomic E-state index is 12.5. The summed E-state index contributed by atoms with van der Waals surface area (Å²) in [6, 6.07) is 1.85. The van der Waals surface area contributed by atoms with E-state index < -0.39 is 0 Å². The van der Waals surface area contributed by atoms with Crippen LogP contribution in [0.1, 0.15) is 42.4 Å². The smallest absolute Gasteiger partial charge is 0.317 e. The lowest BCUT2D eigenvalue weighted by Crippen LogP contribution is -2.48. The van der Waals surface area contributed by atoms with Crippen molar-refractivity contribution in [3.63, 3.8) is 0 Å². The Hall–Kier alpha value is -1.70. The van der Waals surface area contributed by atoms with Gasteiger partial charge in [0, 0.05) is 49.4 Å². The van der Waals surface area contributed by atoms with Gasteiger partial charge in [0.15, 0.2) is 0 Å².